The van der Waals surface area contributed by atoms with Crippen LogP contribution in [-0.4, -0.2) is 34.8 Å². The van der Waals surface area contributed by atoms with Gasteiger partial charge in [0.05, 0.1) is 6.54 Å². The largest absolute Gasteiger partial charge is 0.350 e. The van der Waals surface area contributed by atoms with Gasteiger partial charge >= 0.3 is 0 Å². The molecule has 2 amide bonds. The van der Waals surface area contributed by atoms with E-state index in [1.165, 1.54) is 17.9 Å². The highest BCUT2D eigenvalue weighted by Gasteiger charge is 2.14. The van der Waals surface area contributed by atoms with Gasteiger partial charge in [0, 0.05) is 32.4 Å². The van der Waals surface area contributed by atoms with Crippen molar-refractivity contribution in [3.8, 4) is 0 Å². The van der Waals surface area contributed by atoms with E-state index in [2.05, 4.69) is 10.3 Å². The van der Waals surface area contributed by atoms with Crippen LogP contribution in [0.3, 0.4) is 0 Å². The molecule has 0 aliphatic carbocycles. The van der Waals surface area contributed by atoms with Crippen molar-refractivity contribution in [2.24, 2.45) is 0 Å². The van der Waals surface area contributed by atoms with E-state index < -0.39 is 0 Å². The lowest BCUT2D eigenvalue weighted by molar-refractivity contribution is -0.134. The summed E-state index contributed by atoms with van der Waals surface area (Å²) in [5, 5.41) is 2.76. The normalized spacial score (nSPS) is 10.2. The standard InChI is InChI=1S/C18H20FN3O2/c1-14(23)22(11-8-16-4-2-3-5-17(16)19)13-18(24)21-12-15-6-9-20-10-7-15/h2-7,9-10H,8,11-13H2,1H3,(H,21,24). The lowest BCUT2D eigenvalue weighted by Crippen LogP contribution is -2.40. The van der Waals surface area contributed by atoms with Crippen LogP contribution in [0, 0.1) is 5.82 Å². The van der Waals surface area contributed by atoms with Gasteiger partial charge in [-0.3, -0.25) is 14.6 Å². The number of benzene rings is 1. The van der Waals surface area contributed by atoms with Crippen LogP contribution in [0.2, 0.25) is 0 Å². The second kappa shape index (κ2) is 8.76. The van der Waals surface area contributed by atoms with Gasteiger partial charge in [0.15, 0.2) is 0 Å². The van der Waals surface area contributed by atoms with Gasteiger partial charge in [0.25, 0.3) is 0 Å². The molecule has 5 nitrogen and oxygen atoms in total. The molecule has 0 unspecified atom stereocenters. The minimum Gasteiger partial charge on any atom is -0.350 e. The van der Waals surface area contributed by atoms with Gasteiger partial charge in [-0.1, -0.05) is 18.2 Å². The van der Waals surface area contributed by atoms with Crippen molar-refractivity contribution in [3.63, 3.8) is 0 Å². The topological polar surface area (TPSA) is 62.3 Å². The number of pyridine rings is 1. The van der Waals surface area contributed by atoms with Crippen LogP contribution in [0.4, 0.5) is 4.39 Å². The van der Waals surface area contributed by atoms with Gasteiger partial charge in [-0.2, -0.15) is 0 Å². The summed E-state index contributed by atoms with van der Waals surface area (Å²) < 4.78 is 13.6. The Morgan fingerprint density at radius 2 is 1.88 bits per heavy atom. The van der Waals surface area contributed by atoms with E-state index in [1.54, 1.807) is 42.7 Å². The average Bonchev–Trinajstić information content (AvgIpc) is 2.58. The van der Waals surface area contributed by atoms with E-state index in [0.717, 1.165) is 5.56 Å². The molecular weight excluding hydrogens is 309 g/mol. The molecule has 1 N–H and O–H groups in total. The minimum atomic E-state index is -0.303. The summed E-state index contributed by atoms with van der Waals surface area (Å²) in [7, 11) is 0. The molecule has 1 aromatic carbocycles. The summed E-state index contributed by atoms with van der Waals surface area (Å²) in [4.78, 5) is 29.0. The molecule has 0 aliphatic heterocycles. The molecule has 126 valence electrons. The number of carbonyl (C=O) groups excluding carboxylic acids is 2. The van der Waals surface area contributed by atoms with Crippen LogP contribution in [0.15, 0.2) is 48.8 Å². The van der Waals surface area contributed by atoms with Crippen molar-refractivity contribution in [3.05, 3.63) is 65.7 Å². The Hall–Kier alpha value is -2.76. The Labute approximate surface area is 140 Å². The van der Waals surface area contributed by atoms with Crippen LogP contribution in [0.1, 0.15) is 18.1 Å². The lowest BCUT2D eigenvalue weighted by atomic mass is 10.1. The maximum atomic E-state index is 13.6. The van der Waals surface area contributed by atoms with E-state index in [1.807, 2.05) is 0 Å². The van der Waals surface area contributed by atoms with Crippen molar-refractivity contribution < 1.29 is 14.0 Å². The van der Waals surface area contributed by atoms with Gasteiger partial charge in [-0.15, -0.1) is 0 Å². The third kappa shape index (κ3) is 5.46. The van der Waals surface area contributed by atoms with Crippen LogP contribution in [-0.2, 0) is 22.6 Å². The predicted octanol–water partition coefficient (Wildman–Crippen LogP) is 1.93. The van der Waals surface area contributed by atoms with Gasteiger partial charge < -0.3 is 10.2 Å². The molecule has 24 heavy (non-hydrogen) atoms. The highest BCUT2D eigenvalue weighted by Crippen LogP contribution is 2.08. The molecule has 2 aromatic rings. The molecule has 0 saturated carbocycles. The van der Waals surface area contributed by atoms with Gasteiger partial charge in [-0.05, 0) is 35.7 Å². The van der Waals surface area contributed by atoms with Crippen LogP contribution in [0.5, 0.6) is 0 Å². The van der Waals surface area contributed by atoms with E-state index in [-0.39, 0.29) is 24.2 Å². The monoisotopic (exact) mass is 329 g/mol. The molecular formula is C18H20FN3O2. The van der Waals surface area contributed by atoms with E-state index >= 15 is 0 Å². The first-order valence-corrected chi connectivity index (χ1v) is 7.71. The van der Waals surface area contributed by atoms with E-state index in [9.17, 15) is 14.0 Å². The lowest BCUT2D eigenvalue weighted by Gasteiger charge is -2.20. The zero-order valence-corrected chi connectivity index (χ0v) is 13.5. The Balaban J connectivity index is 1.85. The molecule has 6 heteroatoms. The van der Waals surface area contributed by atoms with Crippen LogP contribution in [0.25, 0.3) is 0 Å². The highest BCUT2D eigenvalue weighted by atomic mass is 19.1. The molecule has 1 aromatic heterocycles. The smallest absolute Gasteiger partial charge is 0.239 e. The number of hydrogen-bond donors (Lipinski definition) is 1. The van der Waals surface area contributed by atoms with Crippen molar-refractivity contribution in [1.82, 2.24) is 15.2 Å². The first-order chi connectivity index (χ1) is 11.6. The molecule has 0 atom stereocenters. The second-order valence-corrected chi connectivity index (χ2v) is 5.41. The molecule has 0 bridgehead atoms. The van der Waals surface area contributed by atoms with Gasteiger partial charge in [-0.25, -0.2) is 4.39 Å². The maximum Gasteiger partial charge on any atom is 0.239 e. The fraction of sp³-hybridized carbons (Fsp3) is 0.278. The summed E-state index contributed by atoms with van der Waals surface area (Å²) >= 11 is 0. The number of halogens is 1. The second-order valence-electron chi connectivity index (χ2n) is 5.41. The number of carbonyl (C=O) groups is 2. The Morgan fingerprint density at radius 1 is 1.17 bits per heavy atom. The molecule has 0 saturated heterocycles. The number of aromatic nitrogens is 1. The highest BCUT2D eigenvalue weighted by molar-refractivity contribution is 5.83. The zero-order chi connectivity index (χ0) is 17.4. The maximum absolute atomic E-state index is 13.6. The summed E-state index contributed by atoms with van der Waals surface area (Å²) in [6.45, 7) is 2.02. The molecule has 2 rings (SSSR count). The van der Waals surface area contributed by atoms with Crippen LogP contribution < -0.4 is 5.32 Å². The van der Waals surface area contributed by atoms with Gasteiger partial charge in [0.1, 0.15) is 5.82 Å². The molecule has 0 aliphatic rings. The van der Waals surface area contributed by atoms with Crippen molar-refractivity contribution in [1.29, 1.82) is 0 Å². The third-order valence-electron chi connectivity index (χ3n) is 3.63. The van der Waals surface area contributed by atoms with E-state index in [4.69, 9.17) is 0 Å². The number of hydrogen-bond acceptors (Lipinski definition) is 3. The van der Waals surface area contributed by atoms with Crippen molar-refractivity contribution >= 4 is 11.8 Å². The fourth-order valence-corrected chi connectivity index (χ4v) is 2.23. The van der Waals surface area contributed by atoms with Crippen LogP contribution >= 0.6 is 0 Å². The molecule has 0 spiro atoms. The number of amides is 2. The van der Waals surface area contributed by atoms with Crippen molar-refractivity contribution in [2.75, 3.05) is 13.1 Å². The Kier molecular flexibility index (Phi) is 6.42. The summed E-state index contributed by atoms with van der Waals surface area (Å²) in [6.07, 6.45) is 3.67. The number of rotatable bonds is 7. The molecule has 0 fully saturated rings. The molecule has 0 radical (unpaired) electrons. The first-order valence-electron chi connectivity index (χ1n) is 7.71. The molecule has 1 heterocycles. The SMILES string of the molecule is CC(=O)N(CCc1ccccc1F)CC(=O)NCc1ccncc1. The Morgan fingerprint density at radius 3 is 2.54 bits per heavy atom. The summed E-state index contributed by atoms with van der Waals surface area (Å²) in [5.41, 5.74) is 1.46. The van der Waals surface area contributed by atoms with Crippen molar-refractivity contribution in [2.45, 2.75) is 19.9 Å². The first kappa shape index (κ1) is 17.6. The zero-order valence-electron chi connectivity index (χ0n) is 13.5. The minimum absolute atomic E-state index is 0.0468. The quantitative estimate of drug-likeness (QED) is 0.844. The van der Waals surface area contributed by atoms with E-state index in [0.29, 0.717) is 25.1 Å². The Bertz CT molecular complexity index is 692. The average molecular weight is 329 g/mol. The third-order valence-corrected chi connectivity index (χ3v) is 3.63. The summed E-state index contributed by atoms with van der Waals surface area (Å²) in [6, 6.07) is 10.0. The number of nitrogens with one attached hydrogen (secondary N) is 1. The fourth-order valence-electron chi connectivity index (χ4n) is 2.23. The predicted molar refractivity (Wildman–Crippen MR) is 88.4 cm³/mol. The number of nitrogens with zero attached hydrogens (tertiary/aromatic N) is 2. The summed E-state index contributed by atoms with van der Waals surface area (Å²) in [5.74, 6) is -0.774. The van der Waals surface area contributed by atoms with Gasteiger partial charge in [0.2, 0.25) is 11.8 Å².